The molecule has 0 saturated heterocycles. The van der Waals surface area contributed by atoms with Crippen molar-refractivity contribution in [1.82, 2.24) is 10.2 Å². The van der Waals surface area contributed by atoms with E-state index in [0.717, 1.165) is 11.1 Å². The average Bonchev–Trinajstić information content (AvgIpc) is 3.48. The van der Waals surface area contributed by atoms with Crippen LogP contribution in [0, 0.1) is 0 Å². The van der Waals surface area contributed by atoms with Gasteiger partial charge in [0, 0.05) is 5.56 Å². The molecule has 0 aliphatic carbocycles. The fourth-order valence-corrected chi connectivity index (χ4v) is 2.84. The minimum atomic E-state index is -0.523. The third-order valence-corrected chi connectivity index (χ3v) is 4.27. The van der Waals surface area contributed by atoms with Gasteiger partial charge in [-0.2, -0.15) is 0 Å². The second-order valence-corrected chi connectivity index (χ2v) is 6.22. The van der Waals surface area contributed by atoms with Crippen molar-refractivity contribution in [2.45, 2.75) is 6.61 Å². The third kappa shape index (κ3) is 4.30. The highest BCUT2D eigenvalue weighted by Crippen LogP contribution is 2.26. The van der Waals surface area contributed by atoms with E-state index in [0.29, 0.717) is 17.1 Å². The van der Waals surface area contributed by atoms with Crippen molar-refractivity contribution in [3.63, 3.8) is 0 Å². The highest BCUT2D eigenvalue weighted by atomic mass is 16.5. The number of carbonyl (C=O) groups is 1. The number of ether oxygens (including phenoxy) is 2. The number of carbonyl (C=O) groups excluding carboxylic acids is 1. The van der Waals surface area contributed by atoms with Gasteiger partial charge in [0.15, 0.2) is 12.4 Å². The van der Waals surface area contributed by atoms with Crippen molar-refractivity contribution in [3.8, 4) is 17.4 Å². The van der Waals surface area contributed by atoms with E-state index in [9.17, 15) is 4.79 Å². The summed E-state index contributed by atoms with van der Waals surface area (Å²) < 4.78 is 21.5. The normalized spacial score (nSPS) is 11.3. The van der Waals surface area contributed by atoms with Crippen molar-refractivity contribution in [3.05, 3.63) is 90.0 Å². The lowest BCUT2D eigenvalue weighted by Crippen LogP contribution is -2.08. The Hall–Kier alpha value is -4.13. The third-order valence-electron chi connectivity index (χ3n) is 4.27. The molecule has 7 heteroatoms. The van der Waals surface area contributed by atoms with E-state index in [1.54, 1.807) is 25.3 Å². The maximum Gasteiger partial charge on any atom is 0.339 e. The first kappa shape index (κ1) is 19.2. The molecule has 0 aliphatic heterocycles. The highest BCUT2D eigenvalue weighted by molar-refractivity contribution is 6.21. The van der Waals surface area contributed by atoms with Crippen molar-refractivity contribution in [2.24, 2.45) is 0 Å². The predicted molar refractivity (Wildman–Crippen MR) is 109 cm³/mol. The van der Waals surface area contributed by atoms with Gasteiger partial charge in [0.2, 0.25) is 0 Å². The quantitative estimate of drug-likeness (QED) is 0.253. The number of furan rings is 1. The molecule has 2 aromatic carbocycles. The van der Waals surface area contributed by atoms with Crippen molar-refractivity contribution in [2.75, 3.05) is 7.11 Å². The lowest BCUT2D eigenvalue weighted by atomic mass is 10.0. The Kier molecular flexibility index (Phi) is 5.70. The molecule has 0 saturated carbocycles. The van der Waals surface area contributed by atoms with Crippen molar-refractivity contribution >= 4 is 17.6 Å². The van der Waals surface area contributed by atoms with Gasteiger partial charge in [-0.25, -0.2) is 4.79 Å². The standard InChI is InChI=1S/C23H18N2O5/c1-27-19-11-6-5-10-17(19)14-18(16-8-3-2-4-9-16)23(26)29-15-21-24-25-22(30-21)20-12-7-13-28-20/h2-14H,15H2,1H3/b18-14+. The Labute approximate surface area is 172 Å². The molecular formula is C23H18N2O5. The van der Waals surface area contributed by atoms with Gasteiger partial charge in [0.05, 0.1) is 18.9 Å². The van der Waals surface area contributed by atoms with Crippen molar-refractivity contribution in [1.29, 1.82) is 0 Å². The fourth-order valence-electron chi connectivity index (χ4n) is 2.84. The molecule has 0 radical (unpaired) electrons. The second-order valence-electron chi connectivity index (χ2n) is 6.22. The van der Waals surface area contributed by atoms with Crippen LogP contribution in [0.1, 0.15) is 17.0 Å². The van der Waals surface area contributed by atoms with Crippen LogP contribution in [0.5, 0.6) is 5.75 Å². The highest BCUT2D eigenvalue weighted by Gasteiger charge is 2.17. The van der Waals surface area contributed by atoms with Gasteiger partial charge in [-0.1, -0.05) is 48.5 Å². The fraction of sp³-hybridized carbons (Fsp3) is 0.0870. The Morgan fingerprint density at radius 2 is 1.80 bits per heavy atom. The Balaban J connectivity index is 1.57. The Morgan fingerprint density at radius 1 is 1.00 bits per heavy atom. The van der Waals surface area contributed by atoms with Gasteiger partial charge < -0.3 is 18.3 Å². The van der Waals surface area contributed by atoms with E-state index in [1.807, 2.05) is 54.6 Å². The molecule has 0 fully saturated rings. The van der Waals surface area contributed by atoms with E-state index in [2.05, 4.69) is 10.2 Å². The smallest absolute Gasteiger partial charge is 0.339 e. The summed E-state index contributed by atoms with van der Waals surface area (Å²) in [6.07, 6.45) is 3.24. The topological polar surface area (TPSA) is 87.6 Å². The number of esters is 1. The summed E-state index contributed by atoms with van der Waals surface area (Å²) in [4.78, 5) is 12.9. The maximum atomic E-state index is 12.9. The van der Waals surface area contributed by atoms with E-state index >= 15 is 0 Å². The van der Waals surface area contributed by atoms with Gasteiger partial charge in [0.25, 0.3) is 11.8 Å². The average molecular weight is 402 g/mol. The molecule has 0 aliphatic rings. The van der Waals surface area contributed by atoms with Crippen LogP contribution in [0.15, 0.2) is 81.8 Å². The number of methoxy groups -OCH3 is 1. The number of para-hydroxylation sites is 1. The summed E-state index contributed by atoms with van der Waals surface area (Å²) in [5.74, 6) is 0.961. The second kappa shape index (κ2) is 8.91. The van der Waals surface area contributed by atoms with Crippen LogP contribution in [0.4, 0.5) is 0 Å². The lowest BCUT2D eigenvalue weighted by Gasteiger charge is -2.09. The van der Waals surface area contributed by atoms with Gasteiger partial charge >= 0.3 is 5.97 Å². The molecule has 4 rings (SSSR count). The minimum Gasteiger partial charge on any atom is -0.496 e. The first-order chi connectivity index (χ1) is 14.7. The summed E-state index contributed by atoms with van der Waals surface area (Å²) in [5, 5.41) is 7.79. The number of aromatic nitrogens is 2. The predicted octanol–water partition coefficient (Wildman–Crippen LogP) is 4.62. The summed E-state index contributed by atoms with van der Waals surface area (Å²) in [6.45, 7) is -0.164. The Bertz CT molecular complexity index is 1150. The molecule has 0 atom stereocenters. The monoisotopic (exact) mass is 402 g/mol. The molecule has 150 valence electrons. The maximum absolute atomic E-state index is 12.9. The van der Waals surface area contributed by atoms with E-state index in [1.165, 1.54) is 6.26 Å². The molecule has 0 amide bonds. The first-order valence-electron chi connectivity index (χ1n) is 9.18. The largest absolute Gasteiger partial charge is 0.496 e. The van der Waals surface area contributed by atoms with Crippen LogP contribution in [-0.4, -0.2) is 23.3 Å². The Morgan fingerprint density at radius 3 is 2.57 bits per heavy atom. The summed E-state index contributed by atoms with van der Waals surface area (Å²) >= 11 is 0. The number of hydrogen-bond donors (Lipinski definition) is 0. The zero-order chi connectivity index (χ0) is 20.8. The minimum absolute atomic E-state index is 0.164. The zero-order valence-electron chi connectivity index (χ0n) is 16.1. The van der Waals surface area contributed by atoms with E-state index < -0.39 is 5.97 Å². The molecule has 4 aromatic rings. The first-order valence-corrected chi connectivity index (χ1v) is 9.18. The molecule has 2 heterocycles. The van der Waals surface area contributed by atoms with Crippen LogP contribution in [-0.2, 0) is 16.1 Å². The number of rotatable bonds is 7. The number of hydrogen-bond acceptors (Lipinski definition) is 7. The van der Waals surface area contributed by atoms with Crippen molar-refractivity contribution < 1.29 is 23.1 Å². The summed E-state index contributed by atoms with van der Waals surface area (Å²) in [5.41, 5.74) is 1.86. The van der Waals surface area contributed by atoms with Gasteiger partial charge in [-0.05, 0) is 29.8 Å². The molecule has 30 heavy (non-hydrogen) atoms. The molecule has 0 spiro atoms. The van der Waals surface area contributed by atoms with Gasteiger partial charge in [-0.15, -0.1) is 10.2 Å². The lowest BCUT2D eigenvalue weighted by molar-refractivity contribution is -0.138. The molecular weight excluding hydrogens is 384 g/mol. The molecule has 0 bridgehead atoms. The van der Waals surface area contributed by atoms with E-state index in [-0.39, 0.29) is 18.4 Å². The summed E-state index contributed by atoms with van der Waals surface area (Å²) in [6, 6.07) is 20.1. The summed E-state index contributed by atoms with van der Waals surface area (Å²) in [7, 11) is 1.58. The van der Waals surface area contributed by atoms with Crippen LogP contribution < -0.4 is 4.74 Å². The van der Waals surface area contributed by atoms with E-state index in [4.69, 9.17) is 18.3 Å². The molecule has 7 nitrogen and oxygen atoms in total. The van der Waals surface area contributed by atoms with Crippen LogP contribution in [0.2, 0.25) is 0 Å². The van der Waals surface area contributed by atoms with Crippen LogP contribution in [0.3, 0.4) is 0 Å². The van der Waals surface area contributed by atoms with Gasteiger partial charge in [0.1, 0.15) is 5.75 Å². The van der Waals surface area contributed by atoms with Crippen LogP contribution >= 0.6 is 0 Å². The molecule has 0 N–H and O–H groups in total. The van der Waals surface area contributed by atoms with Crippen LogP contribution in [0.25, 0.3) is 23.3 Å². The molecule has 0 unspecified atom stereocenters. The van der Waals surface area contributed by atoms with Gasteiger partial charge in [-0.3, -0.25) is 0 Å². The zero-order valence-corrected chi connectivity index (χ0v) is 16.1. The number of benzene rings is 2. The SMILES string of the molecule is COc1ccccc1/C=C(/C(=O)OCc1nnc(-c2ccco2)o1)c1ccccc1. The number of nitrogens with zero attached hydrogens (tertiary/aromatic N) is 2. The molecule has 2 aromatic heterocycles.